The first-order valence-corrected chi connectivity index (χ1v) is 9.11. The second kappa shape index (κ2) is 8.37. The third kappa shape index (κ3) is 3.72. The summed E-state index contributed by atoms with van der Waals surface area (Å²) in [4.78, 5) is 24.4. The topological polar surface area (TPSA) is 88.4 Å². The molecular weight excluding hydrogens is 376 g/mol. The SMILES string of the molecule is COC(=O)c1ccsc1NC(=O)/C(C#N)=C/c1c(OC)ccc2ccccc12. The monoisotopic (exact) mass is 392 g/mol. The average molecular weight is 392 g/mol. The highest BCUT2D eigenvalue weighted by molar-refractivity contribution is 7.14. The number of nitrogens with one attached hydrogen (secondary N) is 1. The molecule has 0 saturated heterocycles. The number of hydrogen-bond acceptors (Lipinski definition) is 6. The van der Waals surface area contributed by atoms with Gasteiger partial charge in [0, 0.05) is 5.56 Å². The molecule has 0 aliphatic heterocycles. The minimum Gasteiger partial charge on any atom is -0.496 e. The molecular formula is C21H16N2O4S. The maximum Gasteiger partial charge on any atom is 0.340 e. The lowest BCUT2D eigenvalue weighted by atomic mass is 10.0. The summed E-state index contributed by atoms with van der Waals surface area (Å²) in [7, 11) is 2.79. The molecule has 7 heteroatoms. The van der Waals surface area contributed by atoms with E-state index in [1.165, 1.54) is 31.6 Å². The zero-order valence-corrected chi connectivity index (χ0v) is 16.0. The van der Waals surface area contributed by atoms with Crippen LogP contribution in [0.3, 0.4) is 0 Å². The van der Waals surface area contributed by atoms with Crippen molar-refractivity contribution in [3.8, 4) is 11.8 Å². The van der Waals surface area contributed by atoms with Crippen LogP contribution in [0.5, 0.6) is 5.75 Å². The van der Waals surface area contributed by atoms with Crippen LogP contribution < -0.4 is 10.1 Å². The van der Waals surface area contributed by atoms with Gasteiger partial charge in [0.1, 0.15) is 22.4 Å². The molecule has 3 rings (SSSR count). The van der Waals surface area contributed by atoms with E-state index in [1.54, 1.807) is 17.5 Å². The molecule has 140 valence electrons. The van der Waals surface area contributed by atoms with Gasteiger partial charge in [-0.25, -0.2) is 4.79 Å². The molecule has 2 aromatic carbocycles. The number of fused-ring (bicyclic) bond motifs is 1. The first kappa shape index (κ1) is 19.1. The van der Waals surface area contributed by atoms with Gasteiger partial charge in [0.2, 0.25) is 0 Å². The molecule has 6 nitrogen and oxygen atoms in total. The summed E-state index contributed by atoms with van der Waals surface area (Å²) in [5, 5.41) is 15.9. The number of benzene rings is 2. The van der Waals surface area contributed by atoms with Gasteiger partial charge in [-0.3, -0.25) is 4.79 Å². The van der Waals surface area contributed by atoms with Crippen molar-refractivity contribution in [1.29, 1.82) is 5.26 Å². The maximum atomic E-state index is 12.7. The van der Waals surface area contributed by atoms with Crippen molar-refractivity contribution in [1.82, 2.24) is 0 Å². The van der Waals surface area contributed by atoms with E-state index in [0.29, 0.717) is 16.3 Å². The minimum absolute atomic E-state index is 0.112. The summed E-state index contributed by atoms with van der Waals surface area (Å²) < 4.78 is 10.1. The van der Waals surface area contributed by atoms with Crippen molar-refractivity contribution < 1.29 is 19.1 Å². The summed E-state index contributed by atoms with van der Waals surface area (Å²) in [5.74, 6) is -0.634. The molecule has 0 spiro atoms. The summed E-state index contributed by atoms with van der Waals surface area (Å²) in [6.45, 7) is 0. The van der Waals surface area contributed by atoms with Gasteiger partial charge in [-0.05, 0) is 34.4 Å². The number of thiophene rings is 1. The Morgan fingerprint density at radius 1 is 1.14 bits per heavy atom. The molecule has 1 amide bonds. The minimum atomic E-state index is -0.620. The number of nitriles is 1. The number of carbonyl (C=O) groups is 2. The van der Waals surface area contributed by atoms with E-state index in [2.05, 4.69) is 5.32 Å². The van der Waals surface area contributed by atoms with E-state index in [9.17, 15) is 14.9 Å². The van der Waals surface area contributed by atoms with Crippen LogP contribution in [-0.2, 0) is 9.53 Å². The van der Waals surface area contributed by atoms with Crippen molar-refractivity contribution >= 4 is 45.1 Å². The molecule has 0 fully saturated rings. The predicted molar refractivity (Wildman–Crippen MR) is 108 cm³/mol. The lowest BCUT2D eigenvalue weighted by Crippen LogP contribution is -2.15. The summed E-state index contributed by atoms with van der Waals surface area (Å²) in [6.07, 6.45) is 1.49. The van der Waals surface area contributed by atoms with Crippen LogP contribution in [0, 0.1) is 11.3 Å². The molecule has 0 aliphatic rings. The van der Waals surface area contributed by atoms with E-state index in [4.69, 9.17) is 9.47 Å². The van der Waals surface area contributed by atoms with E-state index in [0.717, 1.165) is 10.8 Å². The number of carbonyl (C=O) groups excluding carboxylic acids is 2. The second-order valence-corrected chi connectivity index (χ2v) is 6.60. The standard InChI is InChI=1S/C21H16N2O4S/c1-26-18-8-7-13-5-3-4-6-15(13)17(18)11-14(12-22)19(24)23-20-16(9-10-28-20)21(25)27-2/h3-11H,1-2H3,(H,23,24)/b14-11+. The van der Waals surface area contributed by atoms with Crippen LogP contribution >= 0.6 is 11.3 Å². The van der Waals surface area contributed by atoms with Crippen LogP contribution in [0.4, 0.5) is 5.00 Å². The molecule has 0 aliphatic carbocycles. The lowest BCUT2D eigenvalue weighted by Gasteiger charge is -2.10. The van der Waals surface area contributed by atoms with Gasteiger partial charge in [0.05, 0.1) is 19.8 Å². The van der Waals surface area contributed by atoms with Crippen LogP contribution in [-0.4, -0.2) is 26.1 Å². The zero-order chi connectivity index (χ0) is 20.1. The fourth-order valence-electron chi connectivity index (χ4n) is 2.74. The first-order chi connectivity index (χ1) is 13.6. The lowest BCUT2D eigenvalue weighted by molar-refractivity contribution is -0.112. The molecule has 3 aromatic rings. The third-order valence-corrected chi connectivity index (χ3v) is 4.93. The number of hydrogen-bond donors (Lipinski definition) is 1. The number of anilines is 1. The van der Waals surface area contributed by atoms with E-state index in [1.807, 2.05) is 36.4 Å². The van der Waals surface area contributed by atoms with Crippen LogP contribution in [0.2, 0.25) is 0 Å². The molecule has 0 bridgehead atoms. The van der Waals surface area contributed by atoms with Crippen molar-refractivity contribution in [3.05, 3.63) is 64.5 Å². The Bertz CT molecular complexity index is 1120. The van der Waals surface area contributed by atoms with Crippen LogP contribution in [0.25, 0.3) is 16.8 Å². The summed E-state index contributed by atoms with van der Waals surface area (Å²) in [6, 6.07) is 14.8. The smallest absolute Gasteiger partial charge is 0.340 e. The quantitative estimate of drug-likeness (QED) is 0.398. The number of esters is 1. The van der Waals surface area contributed by atoms with Crippen molar-refractivity contribution in [2.24, 2.45) is 0 Å². The maximum absolute atomic E-state index is 12.7. The predicted octanol–water partition coefficient (Wildman–Crippen LogP) is 4.24. The average Bonchev–Trinajstić information content (AvgIpc) is 3.19. The van der Waals surface area contributed by atoms with Gasteiger partial charge in [-0.15, -0.1) is 11.3 Å². The number of rotatable bonds is 5. The fourth-order valence-corrected chi connectivity index (χ4v) is 3.51. The van der Waals surface area contributed by atoms with Crippen molar-refractivity contribution in [3.63, 3.8) is 0 Å². The molecule has 1 heterocycles. The Kier molecular flexibility index (Phi) is 5.72. The van der Waals surface area contributed by atoms with Gasteiger partial charge >= 0.3 is 5.97 Å². The number of nitrogens with zero attached hydrogens (tertiary/aromatic N) is 1. The Hall–Kier alpha value is -3.63. The Morgan fingerprint density at radius 2 is 1.93 bits per heavy atom. The van der Waals surface area contributed by atoms with Crippen LogP contribution in [0.1, 0.15) is 15.9 Å². The van der Waals surface area contributed by atoms with Crippen LogP contribution in [0.15, 0.2) is 53.4 Å². The molecule has 0 radical (unpaired) electrons. The van der Waals surface area contributed by atoms with Crippen molar-refractivity contribution in [2.45, 2.75) is 0 Å². The number of methoxy groups -OCH3 is 2. The van der Waals surface area contributed by atoms with E-state index < -0.39 is 11.9 Å². The zero-order valence-electron chi connectivity index (χ0n) is 15.2. The van der Waals surface area contributed by atoms with Gasteiger partial charge in [-0.2, -0.15) is 5.26 Å². The highest BCUT2D eigenvalue weighted by Gasteiger charge is 2.18. The third-order valence-electron chi connectivity index (χ3n) is 4.10. The van der Waals surface area contributed by atoms with Gasteiger partial charge in [-0.1, -0.05) is 30.3 Å². The summed E-state index contributed by atoms with van der Waals surface area (Å²) in [5.41, 5.74) is 0.756. The molecule has 1 aromatic heterocycles. The fraction of sp³-hybridized carbons (Fsp3) is 0.0952. The van der Waals surface area contributed by atoms with Gasteiger partial charge < -0.3 is 14.8 Å². The largest absolute Gasteiger partial charge is 0.496 e. The first-order valence-electron chi connectivity index (χ1n) is 8.23. The van der Waals surface area contributed by atoms with Gasteiger partial charge in [0.25, 0.3) is 5.91 Å². The van der Waals surface area contributed by atoms with E-state index in [-0.39, 0.29) is 11.1 Å². The normalized spacial score (nSPS) is 11.0. The molecule has 0 saturated carbocycles. The van der Waals surface area contributed by atoms with E-state index >= 15 is 0 Å². The second-order valence-electron chi connectivity index (χ2n) is 5.68. The molecule has 28 heavy (non-hydrogen) atoms. The van der Waals surface area contributed by atoms with Gasteiger partial charge in [0.15, 0.2) is 0 Å². The molecule has 0 atom stereocenters. The number of ether oxygens (including phenoxy) is 2. The number of amides is 1. The highest BCUT2D eigenvalue weighted by atomic mass is 32.1. The van der Waals surface area contributed by atoms with Crippen molar-refractivity contribution in [2.75, 3.05) is 19.5 Å². The Labute approximate surface area is 165 Å². The Balaban J connectivity index is 2.01. The Morgan fingerprint density at radius 3 is 2.64 bits per heavy atom. The highest BCUT2D eigenvalue weighted by Crippen LogP contribution is 2.30. The molecule has 1 N–H and O–H groups in total. The molecule has 0 unspecified atom stereocenters. The summed E-state index contributed by atoms with van der Waals surface area (Å²) >= 11 is 1.17.